The largest absolute Gasteiger partial charge is 0.354 e. The van der Waals surface area contributed by atoms with Crippen molar-refractivity contribution in [3.8, 4) is 0 Å². The normalized spacial score (nSPS) is 12.0. The second kappa shape index (κ2) is 7.13. The van der Waals surface area contributed by atoms with Crippen molar-refractivity contribution in [3.63, 3.8) is 0 Å². The Morgan fingerprint density at radius 3 is 2.25 bits per heavy atom. The van der Waals surface area contributed by atoms with E-state index >= 15 is 0 Å². The number of sulfone groups is 1. The minimum atomic E-state index is -3.79. The Labute approximate surface area is 141 Å². The van der Waals surface area contributed by atoms with Crippen molar-refractivity contribution < 1.29 is 17.6 Å². The molecule has 0 aromatic heterocycles. The zero-order chi connectivity index (χ0) is 17.8. The van der Waals surface area contributed by atoms with E-state index in [0.717, 1.165) is 11.6 Å². The molecule has 6 heteroatoms. The van der Waals surface area contributed by atoms with Crippen LogP contribution in [0.3, 0.4) is 0 Å². The van der Waals surface area contributed by atoms with E-state index in [1.165, 1.54) is 18.2 Å². The monoisotopic (exact) mass is 349 g/mol. The molecule has 0 atom stereocenters. The SMILES string of the molecule is CC(C)(C(=O)NCCS(=O)(=O)c1ccccc1F)c1ccccc1. The van der Waals surface area contributed by atoms with Crippen LogP contribution >= 0.6 is 0 Å². The maximum absolute atomic E-state index is 13.6. The fourth-order valence-electron chi connectivity index (χ4n) is 2.31. The van der Waals surface area contributed by atoms with Crippen LogP contribution in [0.5, 0.6) is 0 Å². The number of nitrogens with one attached hydrogen (secondary N) is 1. The second-order valence-corrected chi connectivity index (χ2v) is 8.07. The fraction of sp³-hybridized carbons (Fsp3) is 0.278. The van der Waals surface area contributed by atoms with Gasteiger partial charge in [0.05, 0.1) is 11.2 Å². The third-order valence-electron chi connectivity index (χ3n) is 3.89. The first-order valence-electron chi connectivity index (χ1n) is 7.56. The van der Waals surface area contributed by atoms with Gasteiger partial charge in [-0.15, -0.1) is 0 Å². The number of halogens is 1. The summed E-state index contributed by atoms with van der Waals surface area (Å²) in [5.74, 6) is -1.42. The summed E-state index contributed by atoms with van der Waals surface area (Å²) < 4.78 is 37.9. The number of carbonyl (C=O) groups excluding carboxylic acids is 1. The van der Waals surface area contributed by atoms with Gasteiger partial charge in [0.25, 0.3) is 0 Å². The highest BCUT2D eigenvalue weighted by molar-refractivity contribution is 7.91. The van der Waals surface area contributed by atoms with Crippen LogP contribution in [0.1, 0.15) is 19.4 Å². The molecule has 2 aromatic rings. The fourth-order valence-corrected chi connectivity index (χ4v) is 3.55. The van der Waals surface area contributed by atoms with Gasteiger partial charge in [-0.1, -0.05) is 42.5 Å². The van der Waals surface area contributed by atoms with Gasteiger partial charge in [0.1, 0.15) is 10.7 Å². The number of rotatable bonds is 6. The molecule has 24 heavy (non-hydrogen) atoms. The molecule has 4 nitrogen and oxygen atoms in total. The Kier molecular flexibility index (Phi) is 5.39. The third kappa shape index (κ3) is 4.00. The number of hydrogen-bond acceptors (Lipinski definition) is 3. The van der Waals surface area contributed by atoms with Gasteiger partial charge < -0.3 is 5.32 Å². The average molecular weight is 349 g/mol. The van der Waals surface area contributed by atoms with Gasteiger partial charge >= 0.3 is 0 Å². The van der Waals surface area contributed by atoms with Crippen molar-refractivity contribution in [1.82, 2.24) is 5.32 Å². The lowest BCUT2D eigenvalue weighted by Gasteiger charge is -2.24. The standard InChI is InChI=1S/C18H20FNO3S/c1-18(2,14-8-4-3-5-9-14)17(21)20-12-13-24(22,23)16-11-7-6-10-15(16)19/h3-11H,12-13H2,1-2H3,(H,20,21). The predicted octanol–water partition coefficient (Wildman–Crippen LogP) is 2.69. The molecule has 0 saturated carbocycles. The maximum Gasteiger partial charge on any atom is 0.230 e. The maximum atomic E-state index is 13.6. The summed E-state index contributed by atoms with van der Waals surface area (Å²) in [4.78, 5) is 12.0. The van der Waals surface area contributed by atoms with E-state index in [-0.39, 0.29) is 23.1 Å². The van der Waals surface area contributed by atoms with Crippen molar-refractivity contribution >= 4 is 15.7 Å². The van der Waals surface area contributed by atoms with Gasteiger partial charge in [0, 0.05) is 6.54 Å². The molecule has 0 saturated heterocycles. The number of amides is 1. The van der Waals surface area contributed by atoms with E-state index in [4.69, 9.17) is 0 Å². The molecule has 0 heterocycles. The van der Waals surface area contributed by atoms with Crippen LogP contribution in [0.25, 0.3) is 0 Å². The number of carbonyl (C=O) groups is 1. The zero-order valence-corrected chi connectivity index (χ0v) is 14.4. The zero-order valence-electron chi connectivity index (χ0n) is 13.6. The Bertz CT molecular complexity index is 817. The predicted molar refractivity (Wildman–Crippen MR) is 90.9 cm³/mol. The molecule has 1 amide bonds. The molecule has 0 aliphatic carbocycles. The molecular weight excluding hydrogens is 329 g/mol. The summed E-state index contributed by atoms with van der Waals surface area (Å²) in [5.41, 5.74) is 0.0442. The van der Waals surface area contributed by atoms with Crippen molar-refractivity contribution in [3.05, 3.63) is 66.0 Å². The Hall–Kier alpha value is -2.21. The molecule has 0 bridgehead atoms. The van der Waals surface area contributed by atoms with E-state index in [2.05, 4.69) is 5.32 Å². The lowest BCUT2D eigenvalue weighted by molar-refractivity contribution is -0.125. The summed E-state index contributed by atoms with van der Waals surface area (Å²) in [6, 6.07) is 14.4. The third-order valence-corrected chi connectivity index (χ3v) is 5.63. The van der Waals surface area contributed by atoms with E-state index in [0.29, 0.717) is 0 Å². The van der Waals surface area contributed by atoms with E-state index < -0.39 is 21.1 Å². The van der Waals surface area contributed by atoms with Crippen LogP contribution in [-0.2, 0) is 20.0 Å². The first-order chi connectivity index (χ1) is 11.2. The quantitative estimate of drug-likeness (QED) is 0.872. The molecule has 2 aromatic carbocycles. The Morgan fingerprint density at radius 2 is 1.62 bits per heavy atom. The van der Waals surface area contributed by atoms with Gasteiger partial charge in [-0.05, 0) is 31.5 Å². The van der Waals surface area contributed by atoms with Crippen LogP contribution in [0.4, 0.5) is 4.39 Å². The van der Waals surface area contributed by atoms with Gasteiger partial charge in [-0.2, -0.15) is 0 Å². The lowest BCUT2D eigenvalue weighted by atomic mass is 9.84. The summed E-state index contributed by atoms with van der Waals surface area (Å²) in [6.45, 7) is 3.46. The summed E-state index contributed by atoms with van der Waals surface area (Å²) in [5, 5.41) is 2.63. The van der Waals surface area contributed by atoms with E-state index in [9.17, 15) is 17.6 Å². The first-order valence-corrected chi connectivity index (χ1v) is 9.21. The molecule has 0 spiro atoms. The molecule has 2 rings (SSSR count). The lowest BCUT2D eigenvalue weighted by Crippen LogP contribution is -2.41. The van der Waals surface area contributed by atoms with Crippen molar-refractivity contribution in [2.75, 3.05) is 12.3 Å². The molecule has 128 valence electrons. The minimum Gasteiger partial charge on any atom is -0.354 e. The summed E-state index contributed by atoms with van der Waals surface area (Å²) in [6.07, 6.45) is 0. The highest BCUT2D eigenvalue weighted by atomic mass is 32.2. The smallest absolute Gasteiger partial charge is 0.230 e. The van der Waals surface area contributed by atoms with Crippen LogP contribution in [0.15, 0.2) is 59.5 Å². The molecule has 1 N–H and O–H groups in total. The minimum absolute atomic E-state index is 0.0776. The Morgan fingerprint density at radius 1 is 1.04 bits per heavy atom. The van der Waals surface area contributed by atoms with Gasteiger partial charge in [0.15, 0.2) is 9.84 Å². The van der Waals surface area contributed by atoms with Crippen molar-refractivity contribution in [2.24, 2.45) is 0 Å². The summed E-state index contributed by atoms with van der Waals surface area (Å²) >= 11 is 0. The van der Waals surface area contributed by atoms with Crippen LogP contribution in [-0.4, -0.2) is 26.6 Å². The topological polar surface area (TPSA) is 63.2 Å². The van der Waals surface area contributed by atoms with E-state index in [1.807, 2.05) is 30.3 Å². The average Bonchev–Trinajstić information content (AvgIpc) is 2.55. The first kappa shape index (κ1) is 18.1. The molecule has 0 fully saturated rings. The number of benzene rings is 2. The van der Waals surface area contributed by atoms with Gasteiger partial charge in [0.2, 0.25) is 5.91 Å². The molecular formula is C18H20FNO3S. The molecule has 0 aliphatic heterocycles. The molecule has 0 aliphatic rings. The van der Waals surface area contributed by atoms with Gasteiger partial charge in [-0.25, -0.2) is 12.8 Å². The van der Waals surface area contributed by atoms with E-state index in [1.54, 1.807) is 13.8 Å². The van der Waals surface area contributed by atoms with Crippen molar-refractivity contribution in [1.29, 1.82) is 0 Å². The molecule has 0 radical (unpaired) electrons. The molecule has 0 unspecified atom stereocenters. The Balaban J connectivity index is 2.01. The highest BCUT2D eigenvalue weighted by Crippen LogP contribution is 2.23. The van der Waals surface area contributed by atoms with Crippen LogP contribution in [0.2, 0.25) is 0 Å². The summed E-state index contributed by atoms with van der Waals surface area (Å²) in [7, 11) is -3.79. The number of hydrogen-bond donors (Lipinski definition) is 1. The van der Waals surface area contributed by atoms with Crippen molar-refractivity contribution in [2.45, 2.75) is 24.2 Å². The second-order valence-electron chi connectivity index (χ2n) is 6.00. The highest BCUT2D eigenvalue weighted by Gasteiger charge is 2.29. The van der Waals surface area contributed by atoms with Crippen LogP contribution < -0.4 is 5.32 Å². The van der Waals surface area contributed by atoms with Crippen LogP contribution in [0, 0.1) is 5.82 Å². The van der Waals surface area contributed by atoms with Gasteiger partial charge in [-0.3, -0.25) is 4.79 Å².